The highest BCUT2D eigenvalue weighted by molar-refractivity contribution is 7.88. The van der Waals surface area contributed by atoms with Crippen LogP contribution in [0.5, 0.6) is 0 Å². The molecule has 0 aliphatic rings. The van der Waals surface area contributed by atoms with Crippen LogP contribution >= 0.6 is 12.4 Å². The average Bonchev–Trinajstić information content (AvgIpc) is 2.31. The largest absolute Gasteiger partial charge is 0.372 e. The second kappa shape index (κ2) is 8.40. The van der Waals surface area contributed by atoms with E-state index in [9.17, 15) is 8.42 Å². The van der Waals surface area contributed by atoms with Gasteiger partial charge in [0, 0.05) is 25.3 Å². The molecule has 0 saturated heterocycles. The number of hydrogen-bond acceptors (Lipinski definition) is 3. The molecule has 1 N–H and O–H groups in total. The van der Waals surface area contributed by atoms with Crippen LogP contribution in [0.25, 0.3) is 0 Å². The molecule has 1 rings (SSSR count). The molecule has 0 unspecified atom stereocenters. The summed E-state index contributed by atoms with van der Waals surface area (Å²) >= 11 is 0. The molecule has 19 heavy (non-hydrogen) atoms. The van der Waals surface area contributed by atoms with Gasteiger partial charge >= 0.3 is 0 Å². The summed E-state index contributed by atoms with van der Waals surface area (Å²) in [6.45, 7) is 6.58. The van der Waals surface area contributed by atoms with Crippen molar-refractivity contribution in [2.24, 2.45) is 0 Å². The Kier molecular flexibility index (Phi) is 8.06. The maximum Gasteiger partial charge on any atom is 0.208 e. The number of benzene rings is 1. The lowest BCUT2D eigenvalue weighted by molar-refractivity contribution is 0.588. The van der Waals surface area contributed by atoms with Crippen molar-refractivity contribution in [2.75, 3.05) is 30.8 Å². The fourth-order valence-electron chi connectivity index (χ4n) is 1.97. The highest BCUT2D eigenvalue weighted by Gasteiger charge is 2.08. The van der Waals surface area contributed by atoms with Gasteiger partial charge in [0.25, 0.3) is 0 Å². The highest BCUT2D eigenvalue weighted by atomic mass is 35.5. The average molecular weight is 307 g/mol. The Hall–Kier alpha value is -0.780. The zero-order valence-corrected chi connectivity index (χ0v) is 13.4. The molecule has 0 fully saturated rings. The zero-order chi connectivity index (χ0) is 13.6. The topological polar surface area (TPSA) is 49.4 Å². The minimum Gasteiger partial charge on any atom is -0.372 e. The number of sulfonamides is 1. The monoisotopic (exact) mass is 306 g/mol. The van der Waals surface area contributed by atoms with E-state index in [1.54, 1.807) is 0 Å². The Bertz CT molecular complexity index is 473. The van der Waals surface area contributed by atoms with Crippen molar-refractivity contribution < 1.29 is 8.42 Å². The van der Waals surface area contributed by atoms with Crippen LogP contribution in [0, 0.1) is 0 Å². The molecule has 0 aliphatic heterocycles. The standard InChI is InChI=1S/C13H22N2O2S.ClH/c1-4-15(5-2)13-9-7-6-8-12(13)10-11-14-18(3,16)17;/h6-9,14H,4-5,10-11H2,1-3H3;1H. The van der Waals surface area contributed by atoms with Gasteiger partial charge in [0.05, 0.1) is 6.26 Å². The summed E-state index contributed by atoms with van der Waals surface area (Å²) < 4.78 is 24.6. The first-order valence-electron chi connectivity index (χ1n) is 6.25. The predicted molar refractivity (Wildman–Crippen MR) is 83.8 cm³/mol. The van der Waals surface area contributed by atoms with Crippen molar-refractivity contribution in [3.05, 3.63) is 29.8 Å². The summed E-state index contributed by atoms with van der Waals surface area (Å²) in [6, 6.07) is 8.14. The van der Waals surface area contributed by atoms with Gasteiger partial charge in [-0.15, -0.1) is 12.4 Å². The summed E-state index contributed by atoms with van der Waals surface area (Å²) in [5.41, 5.74) is 2.37. The first-order chi connectivity index (χ1) is 8.48. The van der Waals surface area contributed by atoms with Crippen molar-refractivity contribution in [2.45, 2.75) is 20.3 Å². The maximum absolute atomic E-state index is 11.0. The second-order valence-corrected chi connectivity index (χ2v) is 6.05. The first-order valence-corrected chi connectivity index (χ1v) is 8.14. The highest BCUT2D eigenvalue weighted by Crippen LogP contribution is 2.20. The summed E-state index contributed by atoms with van der Waals surface area (Å²) in [4.78, 5) is 2.27. The molecular weight excluding hydrogens is 284 g/mol. The second-order valence-electron chi connectivity index (χ2n) is 4.22. The molecular formula is C13H23ClN2O2S. The Morgan fingerprint density at radius 3 is 2.26 bits per heavy atom. The van der Waals surface area contributed by atoms with E-state index in [0.717, 1.165) is 13.1 Å². The van der Waals surface area contributed by atoms with Crippen LogP contribution in [0.15, 0.2) is 24.3 Å². The van der Waals surface area contributed by atoms with E-state index in [1.165, 1.54) is 17.5 Å². The molecule has 6 heteroatoms. The Labute approximate surface area is 122 Å². The van der Waals surface area contributed by atoms with Gasteiger partial charge in [-0.2, -0.15) is 0 Å². The lowest BCUT2D eigenvalue weighted by Crippen LogP contribution is -2.26. The van der Waals surface area contributed by atoms with Crippen LogP contribution in [0.2, 0.25) is 0 Å². The van der Waals surface area contributed by atoms with Gasteiger partial charge in [-0.1, -0.05) is 18.2 Å². The molecule has 0 radical (unpaired) electrons. The molecule has 0 heterocycles. The molecule has 0 aromatic heterocycles. The van der Waals surface area contributed by atoms with E-state index in [2.05, 4.69) is 35.6 Å². The molecule has 4 nitrogen and oxygen atoms in total. The van der Waals surface area contributed by atoms with Gasteiger partial charge in [0.2, 0.25) is 10.0 Å². The summed E-state index contributed by atoms with van der Waals surface area (Å²) in [5, 5.41) is 0. The number of nitrogens with one attached hydrogen (secondary N) is 1. The Balaban J connectivity index is 0.00000324. The number of anilines is 1. The van der Waals surface area contributed by atoms with Crippen LogP contribution in [-0.2, 0) is 16.4 Å². The van der Waals surface area contributed by atoms with Crippen molar-refractivity contribution in [3.63, 3.8) is 0 Å². The van der Waals surface area contributed by atoms with Gasteiger partial charge in [0.1, 0.15) is 0 Å². The molecule has 0 bridgehead atoms. The summed E-state index contributed by atoms with van der Waals surface area (Å²) in [6.07, 6.45) is 1.89. The van der Waals surface area contributed by atoms with Gasteiger partial charge < -0.3 is 4.90 Å². The number of halogens is 1. The van der Waals surface area contributed by atoms with Crippen LogP contribution in [0.3, 0.4) is 0 Å². The number of para-hydroxylation sites is 1. The third kappa shape index (κ3) is 6.27. The van der Waals surface area contributed by atoms with E-state index in [1.807, 2.05) is 12.1 Å². The van der Waals surface area contributed by atoms with E-state index in [-0.39, 0.29) is 12.4 Å². The van der Waals surface area contributed by atoms with Gasteiger partial charge in [0.15, 0.2) is 0 Å². The molecule has 0 atom stereocenters. The normalized spacial score (nSPS) is 10.9. The smallest absolute Gasteiger partial charge is 0.208 e. The molecule has 110 valence electrons. The lowest BCUT2D eigenvalue weighted by atomic mass is 10.1. The molecule has 0 aliphatic carbocycles. The number of rotatable bonds is 7. The molecule has 0 spiro atoms. The SMILES string of the molecule is CCN(CC)c1ccccc1CCNS(C)(=O)=O.Cl. The van der Waals surface area contributed by atoms with Crippen LogP contribution < -0.4 is 9.62 Å². The third-order valence-electron chi connectivity index (χ3n) is 2.85. The third-order valence-corrected chi connectivity index (χ3v) is 3.58. The summed E-state index contributed by atoms with van der Waals surface area (Å²) in [5.74, 6) is 0. The van der Waals surface area contributed by atoms with E-state index in [0.29, 0.717) is 13.0 Å². The number of nitrogens with zero attached hydrogens (tertiary/aromatic N) is 1. The fraction of sp³-hybridized carbons (Fsp3) is 0.538. The maximum atomic E-state index is 11.0. The minimum absolute atomic E-state index is 0. The van der Waals surface area contributed by atoms with E-state index in [4.69, 9.17) is 0 Å². The first kappa shape index (κ1) is 18.2. The minimum atomic E-state index is -3.10. The molecule has 0 amide bonds. The number of hydrogen-bond donors (Lipinski definition) is 1. The lowest BCUT2D eigenvalue weighted by Gasteiger charge is -2.24. The van der Waals surface area contributed by atoms with Crippen molar-refractivity contribution >= 4 is 28.1 Å². The fourth-order valence-corrected chi connectivity index (χ4v) is 2.44. The van der Waals surface area contributed by atoms with Crippen LogP contribution in [0.1, 0.15) is 19.4 Å². The molecule has 0 saturated carbocycles. The van der Waals surface area contributed by atoms with Gasteiger partial charge in [-0.3, -0.25) is 0 Å². The summed E-state index contributed by atoms with van der Waals surface area (Å²) in [7, 11) is -3.10. The predicted octanol–water partition coefficient (Wildman–Crippen LogP) is 2.05. The molecule has 1 aromatic carbocycles. The zero-order valence-electron chi connectivity index (χ0n) is 11.7. The van der Waals surface area contributed by atoms with Crippen molar-refractivity contribution in [1.29, 1.82) is 0 Å². The van der Waals surface area contributed by atoms with Crippen molar-refractivity contribution in [3.8, 4) is 0 Å². The van der Waals surface area contributed by atoms with Gasteiger partial charge in [-0.05, 0) is 31.9 Å². The quantitative estimate of drug-likeness (QED) is 0.839. The Morgan fingerprint density at radius 1 is 1.16 bits per heavy atom. The Morgan fingerprint density at radius 2 is 1.74 bits per heavy atom. The van der Waals surface area contributed by atoms with Crippen LogP contribution in [-0.4, -0.2) is 34.3 Å². The van der Waals surface area contributed by atoms with E-state index >= 15 is 0 Å². The molecule has 1 aromatic rings. The van der Waals surface area contributed by atoms with Crippen LogP contribution in [0.4, 0.5) is 5.69 Å². The van der Waals surface area contributed by atoms with Crippen molar-refractivity contribution in [1.82, 2.24) is 4.72 Å². The van der Waals surface area contributed by atoms with E-state index < -0.39 is 10.0 Å². The van der Waals surface area contributed by atoms with Gasteiger partial charge in [-0.25, -0.2) is 13.1 Å².